The number of carbonyl (C=O) groups is 2. The van der Waals surface area contributed by atoms with Crippen molar-refractivity contribution < 1.29 is 14.7 Å². The van der Waals surface area contributed by atoms with Crippen LogP contribution in [-0.2, 0) is 6.42 Å². The molecule has 0 spiro atoms. The second kappa shape index (κ2) is 5.61. The van der Waals surface area contributed by atoms with Crippen LogP contribution in [0.2, 0.25) is 0 Å². The largest absolute Gasteiger partial charge is 0.478 e. The molecule has 1 heterocycles. The van der Waals surface area contributed by atoms with E-state index in [1.165, 1.54) is 11.8 Å². The Kier molecular flexibility index (Phi) is 3.89. The molecule has 5 nitrogen and oxygen atoms in total. The lowest BCUT2D eigenvalue weighted by Crippen LogP contribution is -2.13. The first-order chi connectivity index (χ1) is 9.54. The van der Waals surface area contributed by atoms with E-state index in [1.807, 2.05) is 24.3 Å². The second-order valence-corrected chi connectivity index (χ2v) is 4.57. The Morgan fingerprint density at radius 1 is 1.25 bits per heavy atom. The molecular formula is C15H16N2O3. The third kappa shape index (κ3) is 2.56. The van der Waals surface area contributed by atoms with Crippen LogP contribution < -0.4 is 5.73 Å². The lowest BCUT2D eigenvalue weighted by atomic mass is 9.99. The van der Waals surface area contributed by atoms with Gasteiger partial charge in [0, 0.05) is 11.8 Å². The summed E-state index contributed by atoms with van der Waals surface area (Å²) in [5, 5.41) is 9.19. The highest BCUT2D eigenvalue weighted by molar-refractivity contribution is 6.06. The average molecular weight is 272 g/mol. The van der Waals surface area contributed by atoms with Crippen molar-refractivity contribution in [2.24, 2.45) is 5.73 Å². The topological polar surface area (TPSA) is 96.2 Å². The number of primary amides is 1. The Hall–Kier alpha value is -2.56. The van der Waals surface area contributed by atoms with Gasteiger partial charge in [-0.1, -0.05) is 37.6 Å². The molecule has 20 heavy (non-hydrogen) atoms. The van der Waals surface area contributed by atoms with Crippen LogP contribution in [0.15, 0.2) is 30.5 Å². The lowest BCUT2D eigenvalue weighted by molar-refractivity contribution is 0.0698. The summed E-state index contributed by atoms with van der Waals surface area (Å²) < 4.78 is 0. The number of carbonyl (C=O) groups excluding carboxylic acids is 1. The number of hydrogen-bond donors (Lipinski definition) is 3. The molecule has 0 aliphatic heterocycles. The SMILES string of the molecule is CCCc1ccc(-c2c(C(=O)O)c[nH]c2C(N)=O)cc1. The van der Waals surface area contributed by atoms with Gasteiger partial charge in [0.1, 0.15) is 5.69 Å². The number of rotatable bonds is 5. The normalized spacial score (nSPS) is 10.4. The van der Waals surface area contributed by atoms with Crippen molar-refractivity contribution in [1.29, 1.82) is 0 Å². The molecule has 1 amide bonds. The standard InChI is InChI=1S/C15H16N2O3/c1-2-3-9-4-6-10(7-5-9)12-11(15(19)20)8-17-13(12)14(16)18/h4-8,17H,2-3H2,1H3,(H2,16,18)(H,19,20). The number of aromatic amines is 1. The van der Waals surface area contributed by atoms with Crippen molar-refractivity contribution in [2.75, 3.05) is 0 Å². The molecule has 0 unspecified atom stereocenters. The molecule has 0 bridgehead atoms. The first-order valence-corrected chi connectivity index (χ1v) is 6.38. The molecule has 0 fully saturated rings. The number of hydrogen-bond acceptors (Lipinski definition) is 2. The van der Waals surface area contributed by atoms with Crippen LogP contribution in [0.3, 0.4) is 0 Å². The number of aryl methyl sites for hydroxylation is 1. The molecule has 0 saturated carbocycles. The first-order valence-electron chi connectivity index (χ1n) is 6.38. The molecule has 0 atom stereocenters. The summed E-state index contributed by atoms with van der Waals surface area (Å²) in [6.45, 7) is 2.09. The highest BCUT2D eigenvalue weighted by Gasteiger charge is 2.21. The van der Waals surface area contributed by atoms with Gasteiger partial charge in [-0.05, 0) is 17.5 Å². The Morgan fingerprint density at radius 3 is 2.40 bits per heavy atom. The predicted octanol–water partition coefficient (Wildman–Crippen LogP) is 2.43. The summed E-state index contributed by atoms with van der Waals surface area (Å²) in [6.07, 6.45) is 3.29. The average Bonchev–Trinajstić information content (AvgIpc) is 2.85. The van der Waals surface area contributed by atoms with Gasteiger partial charge in [0.25, 0.3) is 5.91 Å². The highest BCUT2D eigenvalue weighted by Crippen LogP contribution is 2.28. The number of nitrogens with one attached hydrogen (secondary N) is 1. The third-order valence-corrected chi connectivity index (χ3v) is 3.14. The first kappa shape index (κ1) is 13.9. The van der Waals surface area contributed by atoms with Gasteiger partial charge in [-0.2, -0.15) is 0 Å². The number of aromatic carboxylic acids is 1. The zero-order valence-electron chi connectivity index (χ0n) is 11.1. The quantitative estimate of drug-likeness (QED) is 0.779. The van der Waals surface area contributed by atoms with Gasteiger partial charge in [0.2, 0.25) is 0 Å². The monoisotopic (exact) mass is 272 g/mol. The van der Waals surface area contributed by atoms with Crippen molar-refractivity contribution in [1.82, 2.24) is 4.98 Å². The minimum absolute atomic E-state index is 0.0436. The Labute approximate surface area is 116 Å². The van der Waals surface area contributed by atoms with E-state index in [1.54, 1.807) is 0 Å². The van der Waals surface area contributed by atoms with E-state index in [4.69, 9.17) is 5.73 Å². The van der Waals surface area contributed by atoms with Crippen molar-refractivity contribution in [3.63, 3.8) is 0 Å². The van der Waals surface area contributed by atoms with Crippen LogP contribution in [0.4, 0.5) is 0 Å². The molecular weight excluding hydrogens is 256 g/mol. The molecule has 1 aromatic carbocycles. The second-order valence-electron chi connectivity index (χ2n) is 4.57. The highest BCUT2D eigenvalue weighted by atomic mass is 16.4. The van der Waals surface area contributed by atoms with Crippen molar-refractivity contribution >= 4 is 11.9 Å². The summed E-state index contributed by atoms with van der Waals surface area (Å²) in [6, 6.07) is 7.49. The zero-order chi connectivity index (χ0) is 14.7. The zero-order valence-corrected chi connectivity index (χ0v) is 11.1. The fraction of sp³-hybridized carbons (Fsp3) is 0.200. The van der Waals surface area contributed by atoms with Crippen molar-refractivity contribution in [2.45, 2.75) is 19.8 Å². The van der Waals surface area contributed by atoms with E-state index >= 15 is 0 Å². The molecule has 0 aliphatic carbocycles. The Bertz CT molecular complexity index is 610. The Morgan fingerprint density at radius 2 is 1.90 bits per heavy atom. The van der Waals surface area contributed by atoms with Gasteiger partial charge in [0.15, 0.2) is 0 Å². The van der Waals surface area contributed by atoms with Crippen molar-refractivity contribution in [3.05, 3.63) is 47.3 Å². The number of benzene rings is 1. The molecule has 4 N–H and O–H groups in total. The van der Waals surface area contributed by atoms with Gasteiger partial charge in [-0.15, -0.1) is 0 Å². The summed E-state index contributed by atoms with van der Waals surface area (Å²) in [4.78, 5) is 25.3. The number of H-pyrrole nitrogens is 1. The maximum atomic E-state index is 11.4. The van der Waals surface area contributed by atoms with Crippen LogP contribution in [0, 0.1) is 0 Å². The van der Waals surface area contributed by atoms with E-state index in [9.17, 15) is 14.7 Å². The van der Waals surface area contributed by atoms with Crippen molar-refractivity contribution in [3.8, 4) is 11.1 Å². The molecule has 0 saturated heterocycles. The summed E-state index contributed by atoms with van der Waals surface area (Å²) in [5.74, 6) is -1.77. The minimum Gasteiger partial charge on any atom is -0.478 e. The van der Waals surface area contributed by atoms with Crippen LogP contribution in [0.1, 0.15) is 39.8 Å². The van der Waals surface area contributed by atoms with E-state index in [2.05, 4.69) is 11.9 Å². The van der Waals surface area contributed by atoms with E-state index in [-0.39, 0.29) is 11.3 Å². The molecule has 0 aliphatic rings. The fourth-order valence-electron chi connectivity index (χ4n) is 2.21. The van der Waals surface area contributed by atoms with E-state index in [0.717, 1.165) is 12.8 Å². The number of nitrogens with two attached hydrogens (primary N) is 1. The van der Waals surface area contributed by atoms with Crippen LogP contribution in [0.5, 0.6) is 0 Å². The molecule has 2 aromatic rings. The number of carboxylic acid groups (broad SMARTS) is 1. The van der Waals surface area contributed by atoms with E-state index < -0.39 is 11.9 Å². The summed E-state index contributed by atoms with van der Waals surface area (Å²) in [5.41, 5.74) is 7.62. The number of aromatic nitrogens is 1. The van der Waals surface area contributed by atoms with Gasteiger partial charge in [-0.25, -0.2) is 4.79 Å². The summed E-state index contributed by atoms with van der Waals surface area (Å²) in [7, 11) is 0. The van der Waals surface area contributed by atoms with E-state index in [0.29, 0.717) is 11.1 Å². The van der Waals surface area contributed by atoms with Gasteiger partial charge < -0.3 is 15.8 Å². The predicted molar refractivity (Wildman–Crippen MR) is 75.7 cm³/mol. The Balaban J connectivity index is 2.52. The maximum absolute atomic E-state index is 11.4. The molecule has 5 heteroatoms. The molecule has 0 radical (unpaired) electrons. The lowest BCUT2D eigenvalue weighted by Gasteiger charge is -2.05. The smallest absolute Gasteiger partial charge is 0.337 e. The fourth-order valence-corrected chi connectivity index (χ4v) is 2.21. The van der Waals surface area contributed by atoms with Gasteiger partial charge >= 0.3 is 5.97 Å². The molecule has 2 rings (SSSR count). The number of carboxylic acids is 1. The summed E-state index contributed by atoms with van der Waals surface area (Å²) >= 11 is 0. The van der Waals surface area contributed by atoms with Gasteiger partial charge in [0.05, 0.1) is 5.56 Å². The molecule has 104 valence electrons. The number of amides is 1. The maximum Gasteiger partial charge on any atom is 0.337 e. The molecule has 1 aromatic heterocycles. The minimum atomic E-state index is -1.10. The third-order valence-electron chi connectivity index (χ3n) is 3.14. The van der Waals surface area contributed by atoms with Crippen LogP contribution in [-0.4, -0.2) is 22.0 Å². The van der Waals surface area contributed by atoms with Gasteiger partial charge in [-0.3, -0.25) is 4.79 Å². The van der Waals surface area contributed by atoms with Crippen LogP contribution >= 0.6 is 0 Å². The van der Waals surface area contributed by atoms with Crippen LogP contribution in [0.25, 0.3) is 11.1 Å².